The molecule has 3 aromatic carbocycles. The van der Waals surface area contributed by atoms with Crippen LogP contribution in [-0.4, -0.2) is 35.3 Å². The summed E-state index contributed by atoms with van der Waals surface area (Å²) in [5.74, 6) is 0.0532. The molecular weight excluding hydrogens is 416 g/mol. The molecule has 0 radical (unpaired) electrons. The summed E-state index contributed by atoms with van der Waals surface area (Å²) in [6, 6.07) is 24.6. The molecule has 0 spiro atoms. The molecule has 6 nitrogen and oxygen atoms in total. The molecule has 0 heterocycles. The molecule has 0 saturated carbocycles. The van der Waals surface area contributed by atoms with Crippen molar-refractivity contribution in [2.75, 3.05) is 19.7 Å². The van der Waals surface area contributed by atoms with Crippen LogP contribution >= 0.6 is 0 Å². The first-order valence-electron chi connectivity index (χ1n) is 11.3. The van der Waals surface area contributed by atoms with Gasteiger partial charge < -0.3 is 4.74 Å². The summed E-state index contributed by atoms with van der Waals surface area (Å²) < 4.78 is 5.56. The van der Waals surface area contributed by atoms with E-state index in [1.807, 2.05) is 55.5 Å². The maximum absolute atomic E-state index is 13.1. The van der Waals surface area contributed by atoms with Gasteiger partial charge in [-0.15, -0.1) is 0 Å². The molecule has 0 aromatic heterocycles. The lowest BCUT2D eigenvalue weighted by Crippen LogP contribution is -2.31. The minimum Gasteiger partial charge on any atom is -0.487 e. The van der Waals surface area contributed by atoms with E-state index in [4.69, 9.17) is 4.74 Å². The van der Waals surface area contributed by atoms with E-state index in [9.17, 15) is 14.9 Å². The predicted octanol–water partition coefficient (Wildman–Crippen LogP) is 5.70. The lowest BCUT2D eigenvalue weighted by Gasteiger charge is -2.22. The maximum atomic E-state index is 13.1. The molecule has 172 valence electrons. The summed E-state index contributed by atoms with van der Waals surface area (Å²) in [7, 11) is 0. The zero-order valence-corrected chi connectivity index (χ0v) is 19.0. The van der Waals surface area contributed by atoms with Crippen molar-refractivity contribution in [3.8, 4) is 5.75 Å². The minimum absolute atomic E-state index is 0.151. The number of carbonyl (C=O) groups is 1. The fourth-order valence-corrected chi connectivity index (χ4v) is 3.56. The van der Waals surface area contributed by atoms with Gasteiger partial charge in [-0.25, -0.2) is 0 Å². The zero-order valence-electron chi connectivity index (χ0n) is 19.0. The summed E-state index contributed by atoms with van der Waals surface area (Å²) in [5.41, 5.74) is 2.47. The Morgan fingerprint density at radius 2 is 1.64 bits per heavy atom. The summed E-state index contributed by atoms with van der Waals surface area (Å²) in [6.45, 7) is 3.94. The summed E-state index contributed by atoms with van der Waals surface area (Å²) >= 11 is 0. The molecule has 3 aromatic rings. The Hall–Kier alpha value is -3.51. The van der Waals surface area contributed by atoms with Gasteiger partial charge in [0.05, 0.1) is 18.1 Å². The second kappa shape index (κ2) is 12.5. The monoisotopic (exact) mass is 446 g/mol. The largest absolute Gasteiger partial charge is 0.487 e. The maximum Gasteiger partial charge on any atom is 0.311 e. The third-order valence-electron chi connectivity index (χ3n) is 5.41. The van der Waals surface area contributed by atoms with Crippen LogP contribution in [0.25, 0.3) is 0 Å². The Labute approximate surface area is 195 Å². The number of carbonyl (C=O) groups excluding carboxylic acids is 1. The van der Waals surface area contributed by atoms with Gasteiger partial charge in [-0.2, -0.15) is 0 Å². The Kier molecular flexibility index (Phi) is 9.15. The average molecular weight is 447 g/mol. The normalized spacial score (nSPS) is 10.8. The highest BCUT2D eigenvalue weighted by Crippen LogP contribution is 2.28. The van der Waals surface area contributed by atoms with Crippen molar-refractivity contribution in [3.63, 3.8) is 0 Å². The van der Waals surface area contributed by atoms with Gasteiger partial charge in [0.1, 0.15) is 0 Å². The van der Waals surface area contributed by atoms with E-state index in [2.05, 4.69) is 17.0 Å². The van der Waals surface area contributed by atoms with Gasteiger partial charge in [-0.1, -0.05) is 74.0 Å². The molecule has 0 unspecified atom stereocenters. The molecule has 6 heteroatoms. The molecule has 0 N–H and O–H groups in total. The Morgan fingerprint density at radius 3 is 2.27 bits per heavy atom. The van der Waals surface area contributed by atoms with E-state index in [1.165, 1.54) is 17.7 Å². The number of rotatable bonds is 13. The molecule has 0 aliphatic carbocycles. The number of hydrogen-bond donors (Lipinski definition) is 0. The third kappa shape index (κ3) is 7.54. The van der Waals surface area contributed by atoms with Gasteiger partial charge in [-0.3, -0.25) is 19.8 Å². The fraction of sp³-hybridized carbons (Fsp3) is 0.296. The molecule has 0 bridgehead atoms. The van der Waals surface area contributed by atoms with Gasteiger partial charge in [0.25, 0.3) is 0 Å². The van der Waals surface area contributed by atoms with E-state index in [0.717, 1.165) is 24.8 Å². The van der Waals surface area contributed by atoms with E-state index in [1.54, 1.807) is 6.07 Å². The third-order valence-corrected chi connectivity index (χ3v) is 5.41. The van der Waals surface area contributed by atoms with Crippen LogP contribution in [0.3, 0.4) is 0 Å². The van der Waals surface area contributed by atoms with Crippen molar-refractivity contribution < 1.29 is 14.5 Å². The lowest BCUT2D eigenvalue weighted by atomic mass is 10.1. The van der Waals surface area contributed by atoms with Crippen LogP contribution in [-0.2, 0) is 13.0 Å². The number of Topliss-reactive ketones (excluding diaryl/α,β-unsaturated/α-hetero) is 1. The van der Waals surface area contributed by atoms with E-state index in [0.29, 0.717) is 25.3 Å². The van der Waals surface area contributed by atoms with Crippen LogP contribution in [0, 0.1) is 10.1 Å². The van der Waals surface area contributed by atoms with Gasteiger partial charge in [0, 0.05) is 24.7 Å². The van der Waals surface area contributed by atoms with Gasteiger partial charge in [0.2, 0.25) is 0 Å². The fourth-order valence-electron chi connectivity index (χ4n) is 3.56. The average Bonchev–Trinajstić information content (AvgIpc) is 2.84. The Bertz CT molecular complexity index is 1040. The van der Waals surface area contributed by atoms with Crippen LogP contribution in [0.1, 0.15) is 41.3 Å². The molecule has 0 saturated heterocycles. The summed E-state index contributed by atoms with van der Waals surface area (Å²) in [5, 5.41) is 11.6. The zero-order chi connectivity index (χ0) is 23.5. The van der Waals surface area contributed by atoms with Crippen molar-refractivity contribution in [1.82, 2.24) is 4.90 Å². The van der Waals surface area contributed by atoms with E-state index >= 15 is 0 Å². The first kappa shape index (κ1) is 24.1. The number of benzene rings is 3. The standard InChI is InChI=1S/C27H30N2O4/c1-2-3-18-33-27-15-14-24(19-25(27)29(31)32)26(30)21-28(20-23-12-8-5-9-13-23)17-16-22-10-6-4-7-11-22/h4-15,19H,2-3,16-18,20-21H2,1H3. The van der Waals surface area contributed by atoms with Crippen LogP contribution < -0.4 is 4.74 Å². The van der Waals surface area contributed by atoms with Crippen molar-refractivity contribution >= 4 is 11.5 Å². The highest BCUT2D eigenvalue weighted by Gasteiger charge is 2.20. The molecule has 0 aliphatic heterocycles. The smallest absolute Gasteiger partial charge is 0.311 e. The SMILES string of the molecule is CCCCOc1ccc(C(=O)CN(CCc2ccccc2)Cc2ccccc2)cc1[N+](=O)[O-]. The molecule has 3 rings (SSSR count). The van der Waals surface area contributed by atoms with E-state index < -0.39 is 4.92 Å². The number of nitrogens with zero attached hydrogens (tertiary/aromatic N) is 2. The predicted molar refractivity (Wildman–Crippen MR) is 130 cm³/mol. The highest BCUT2D eigenvalue weighted by molar-refractivity contribution is 5.98. The Morgan fingerprint density at radius 1 is 0.970 bits per heavy atom. The highest BCUT2D eigenvalue weighted by atomic mass is 16.6. The topological polar surface area (TPSA) is 72.7 Å². The second-order valence-corrected chi connectivity index (χ2v) is 8.00. The van der Waals surface area contributed by atoms with E-state index in [-0.39, 0.29) is 23.8 Å². The van der Waals surface area contributed by atoms with Crippen LogP contribution in [0.2, 0.25) is 0 Å². The number of hydrogen-bond acceptors (Lipinski definition) is 5. The van der Waals surface area contributed by atoms with Crippen LogP contribution in [0.5, 0.6) is 5.75 Å². The number of unbranched alkanes of at least 4 members (excludes halogenated alkanes) is 1. The molecular formula is C27H30N2O4. The molecule has 33 heavy (non-hydrogen) atoms. The second-order valence-electron chi connectivity index (χ2n) is 8.00. The number of nitro benzene ring substituents is 1. The van der Waals surface area contributed by atoms with Crippen LogP contribution in [0.15, 0.2) is 78.9 Å². The molecule has 0 aliphatic rings. The van der Waals surface area contributed by atoms with Crippen molar-refractivity contribution in [1.29, 1.82) is 0 Å². The minimum atomic E-state index is -0.491. The van der Waals surface area contributed by atoms with Crippen LogP contribution in [0.4, 0.5) is 5.69 Å². The molecule has 0 amide bonds. The van der Waals surface area contributed by atoms with Crippen molar-refractivity contribution in [2.45, 2.75) is 32.7 Å². The van der Waals surface area contributed by atoms with Gasteiger partial charge >= 0.3 is 5.69 Å². The molecule has 0 atom stereocenters. The number of ether oxygens (including phenoxy) is 1. The number of nitro groups is 1. The lowest BCUT2D eigenvalue weighted by molar-refractivity contribution is -0.385. The van der Waals surface area contributed by atoms with Crippen molar-refractivity contribution in [3.05, 3.63) is 106 Å². The van der Waals surface area contributed by atoms with Gasteiger partial charge in [-0.05, 0) is 36.1 Å². The summed E-state index contributed by atoms with van der Waals surface area (Å²) in [4.78, 5) is 26.2. The molecule has 0 fully saturated rings. The number of ketones is 1. The quantitative estimate of drug-likeness (QED) is 0.146. The summed E-state index contributed by atoms with van der Waals surface area (Å²) in [6.07, 6.45) is 2.56. The first-order chi connectivity index (χ1) is 16.1. The first-order valence-corrected chi connectivity index (χ1v) is 11.3. The van der Waals surface area contributed by atoms with Crippen molar-refractivity contribution in [2.24, 2.45) is 0 Å². The van der Waals surface area contributed by atoms with Gasteiger partial charge in [0.15, 0.2) is 11.5 Å². The Balaban J connectivity index is 1.74.